The fourth-order valence-corrected chi connectivity index (χ4v) is 3.82. The molecular formula is C23H28O. The van der Waals surface area contributed by atoms with Crippen molar-refractivity contribution in [2.45, 2.75) is 65.2 Å². The van der Waals surface area contributed by atoms with Crippen LogP contribution in [0, 0.1) is 0 Å². The van der Waals surface area contributed by atoms with Crippen molar-refractivity contribution in [3.05, 3.63) is 57.5 Å². The fraction of sp³-hybridized carbons (Fsp3) is 0.435. The Morgan fingerprint density at radius 2 is 1.58 bits per heavy atom. The average molecular weight is 320 g/mol. The number of carbonyl (C=O) groups is 1. The van der Waals surface area contributed by atoms with Gasteiger partial charge in [-0.3, -0.25) is 4.79 Å². The van der Waals surface area contributed by atoms with Gasteiger partial charge in [-0.2, -0.15) is 0 Å². The number of benzene rings is 1. The molecule has 0 amide bonds. The van der Waals surface area contributed by atoms with E-state index in [9.17, 15) is 4.79 Å². The molecule has 0 unspecified atom stereocenters. The number of ketones is 1. The van der Waals surface area contributed by atoms with Crippen LogP contribution in [-0.4, -0.2) is 5.78 Å². The van der Waals surface area contributed by atoms with Gasteiger partial charge in [0, 0.05) is 0 Å². The standard InChI is InChI=1S/C23H28O/c1-3-5-7-9-17-11-13-22-21-14-12-19(24)15-18(21)16-23(22)20(17)10-8-6-4-2/h11-16H,3-10H2,1-2H3. The molecule has 0 N–H and O–H groups in total. The number of aryl methyl sites for hydroxylation is 1. The van der Waals surface area contributed by atoms with Crippen molar-refractivity contribution in [3.8, 4) is 0 Å². The highest BCUT2D eigenvalue weighted by molar-refractivity contribution is 6.09. The Kier molecular flexibility index (Phi) is 5.50. The SMILES string of the molecule is CCCCCc1ccc2c(c1CCCCC)=CC1=CC(=O)C=CC=21. The molecule has 1 aromatic rings. The van der Waals surface area contributed by atoms with Crippen molar-refractivity contribution in [1.29, 1.82) is 0 Å². The maximum atomic E-state index is 11.7. The first kappa shape index (κ1) is 17.0. The summed E-state index contributed by atoms with van der Waals surface area (Å²) in [5.74, 6) is 0.105. The van der Waals surface area contributed by atoms with Gasteiger partial charge in [-0.25, -0.2) is 0 Å². The van der Waals surface area contributed by atoms with Crippen LogP contribution in [0.5, 0.6) is 0 Å². The topological polar surface area (TPSA) is 17.1 Å². The highest BCUT2D eigenvalue weighted by Crippen LogP contribution is 2.22. The number of fused-ring (bicyclic) bond motifs is 2. The summed E-state index contributed by atoms with van der Waals surface area (Å²) in [5.41, 5.74) is 5.37. The molecule has 0 heterocycles. The first-order valence-electron chi connectivity index (χ1n) is 9.55. The largest absolute Gasteiger partial charge is 0.290 e. The molecule has 0 aromatic heterocycles. The third-order valence-electron chi connectivity index (χ3n) is 5.15. The van der Waals surface area contributed by atoms with E-state index in [0.29, 0.717) is 0 Å². The molecule has 0 spiro atoms. The van der Waals surface area contributed by atoms with Crippen LogP contribution in [0.3, 0.4) is 0 Å². The summed E-state index contributed by atoms with van der Waals surface area (Å²) in [4.78, 5) is 11.7. The second-order valence-electron chi connectivity index (χ2n) is 6.97. The number of hydrogen-bond donors (Lipinski definition) is 0. The highest BCUT2D eigenvalue weighted by Gasteiger charge is 2.17. The predicted molar refractivity (Wildman–Crippen MR) is 102 cm³/mol. The molecule has 1 nitrogen and oxygen atoms in total. The monoisotopic (exact) mass is 320 g/mol. The Morgan fingerprint density at radius 1 is 0.833 bits per heavy atom. The van der Waals surface area contributed by atoms with Crippen LogP contribution in [0.2, 0.25) is 0 Å². The van der Waals surface area contributed by atoms with E-state index >= 15 is 0 Å². The van der Waals surface area contributed by atoms with Gasteiger partial charge in [0.2, 0.25) is 0 Å². The number of hydrogen-bond acceptors (Lipinski definition) is 1. The Hall–Kier alpha value is -1.89. The van der Waals surface area contributed by atoms with Gasteiger partial charge < -0.3 is 0 Å². The Bertz CT molecular complexity index is 805. The molecule has 0 aliphatic heterocycles. The first-order valence-corrected chi connectivity index (χ1v) is 9.55. The molecule has 0 radical (unpaired) electrons. The van der Waals surface area contributed by atoms with E-state index in [1.807, 2.05) is 6.08 Å². The number of carbonyl (C=O) groups excluding carboxylic acids is 1. The minimum Gasteiger partial charge on any atom is -0.290 e. The zero-order chi connectivity index (χ0) is 16.9. The molecule has 3 rings (SSSR count). The Morgan fingerprint density at radius 3 is 2.33 bits per heavy atom. The van der Waals surface area contributed by atoms with E-state index in [2.05, 4.69) is 32.1 Å². The summed E-state index contributed by atoms with van der Waals surface area (Å²) >= 11 is 0. The lowest BCUT2D eigenvalue weighted by molar-refractivity contribution is -0.110. The summed E-state index contributed by atoms with van der Waals surface area (Å²) in [6.07, 6.45) is 17.7. The summed E-state index contributed by atoms with van der Waals surface area (Å²) in [6, 6.07) is 4.61. The van der Waals surface area contributed by atoms with Crippen molar-refractivity contribution >= 4 is 17.4 Å². The van der Waals surface area contributed by atoms with Gasteiger partial charge in [0.15, 0.2) is 5.78 Å². The quantitative estimate of drug-likeness (QED) is 0.657. The summed E-state index contributed by atoms with van der Waals surface area (Å²) < 4.78 is 0. The van der Waals surface area contributed by atoms with E-state index in [1.165, 1.54) is 72.1 Å². The second kappa shape index (κ2) is 7.79. The van der Waals surface area contributed by atoms with Crippen LogP contribution in [0.4, 0.5) is 0 Å². The minimum atomic E-state index is 0.105. The van der Waals surface area contributed by atoms with Gasteiger partial charge in [-0.15, -0.1) is 0 Å². The zero-order valence-corrected chi connectivity index (χ0v) is 15.0. The number of unbranched alkanes of at least 4 members (excludes halogenated alkanes) is 4. The van der Waals surface area contributed by atoms with Crippen LogP contribution >= 0.6 is 0 Å². The van der Waals surface area contributed by atoms with Crippen molar-refractivity contribution in [3.63, 3.8) is 0 Å². The van der Waals surface area contributed by atoms with Gasteiger partial charge in [0.1, 0.15) is 0 Å². The van der Waals surface area contributed by atoms with E-state index in [-0.39, 0.29) is 5.78 Å². The second-order valence-corrected chi connectivity index (χ2v) is 6.97. The zero-order valence-electron chi connectivity index (χ0n) is 15.0. The van der Waals surface area contributed by atoms with Crippen molar-refractivity contribution in [1.82, 2.24) is 0 Å². The molecule has 1 aromatic carbocycles. The molecule has 0 atom stereocenters. The third-order valence-corrected chi connectivity index (χ3v) is 5.15. The molecule has 0 bridgehead atoms. The summed E-state index contributed by atoms with van der Waals surface area (Å²) in [7, 11) is 0. The normalized spacial score (nSPS) is 15.2. The predicted octanol–water partition coefficient (Wildman–Crippen LogP) is 4.16. The van der Waals surface area contributed by atoms with Crippen LogP contribution < -0.4 is 10.4 Å². The Balaban J connectivity index is 2.03. The fourth-order valence-electron chi connectivity index (χ4n) is 3.82. The van der Waals surface area contributed by atoms with Crippen molar-refractivity contribution in [2.75, 3.05) is 0 Å². The van der Waals surface area contributed by atoms with E-state index < -0.39 is 0 Å². The van der Waals surface area contributed by atoms with Crippen LogP contribution in [0.1, 0.15) is 63.5 Å². The summed E-state index contributed by atoms with van der Waals surface area (Å²) in [5, 5.41) is 2.69. The summed E-state index contributed by atoms with van der Waals surface area (Å²) in [6.45, 7) is 4.52. The van der Waals surface area contributed by atoms with Crippen molar-refractivity contribution in [2.24, 2.45) is 0 Å². The van der Waals surface area contributed by atoms with Gasteiger partial charge in [-0.05, 0) is 82.7 Å². The van der Waals surface area contributed by atoms with Crippen molar-refractivity contribution < 1.29 is 4.79 Å². The van der Waals surface area contributed by atoms with E-state index in [1.54, 1.807) is 12.2 Å². The highest BCUT2D eigenvalue weighted by atomic mass is 16.1. The van der Waals surface area contributed by atoms with Crippen LogP contribution in [0.25, 0.3) is 11.6 Å². The van der Waals surface area contributed by atoms with Gasteiger partial charge >= 0.3 is 0 Å². The molecule has 2 aliphatic carbocycles. The van der Waals surface area contributed by atoms with Crippen LogP contribution in [-0.2, 0) is 17.6 Å². The van der Waals surface area contributed by atoms with Gasteiger partial charge in [0.05, 0.1) is 0 Å². The molecule has 0 saturated heterocycles. The molecule has 0 saturated carbocycles. The van der Waals surface area contributed by atoms with E-state index in [0.717, 1.165) is 12.0 Å². The lowest BCUT2D eigenvalue weighted by atomic mass is 9.94. The lowest BCUT2D eigenvalue weighted by Gasteiger charge is -2.11. The van der Waals surface area contributed by atoms with E-state index in [4.69, 9.17) is 0 Å². The maximum Gasteiger partial charge on any atom is 0.179 e. The van der Waals surface area contributed by atoms with Gasteiger partial charge in [0.25, 0.3) is 0 Å². The smallest absolute Gasteiger partial charge is 0.179 e. The molecular weight excluding hydrogens is 292 g/mol. The molecule has 24 heavy (non-hydrogen) atoms. The Labute approximate surface area is 145 Å². The van der Waals surface area contributed by atoms with Gasteiger partial charge in [-0.1, -0.05) is 51.7 Å². The number of allylic oxidation sites excluding steroid dienone is 4. The molecule has 0 fully saturated rings. The molecule has 126 valence electrons. The lowest BCUT2D eigenvalue weighted by Crippen LogP contribution is -2.28. The average Bonchev–Trinajstić information content (AvgIpc) is 2.94. The minimum absolute atomic E-state index is 0.105. The molecule has 1 heteroatoms. The van der Waals surface area contributed by atoms with Crippen LogP contribution in [0.15, 0.2) is 35.9 Å². The first-order chi connectivity index (χ1) is 11.7. The molecule has 2 aliphatic rings. The maximum absolute atomic E-state index is 11.7. The number of rotatable bonds is 8. The third kappa shape index (κ3) is 3.45.